The zero-order valence-corrected chi connectivity index (χ0v) is 13.5. The van der Waals surface area contributed by atoms with Crippen LogP contribution in [0.2, 0.25) is 0 Å². The van der Waals surface area contributed by atoms with Gasteiger partial charge in [-0.3, -0.25) is 4.90 Å². The van der Waals surface area contributed by atoms with Gasteiger partial charge in [0, 0.05) is 13.1 Å². The molecule has 0 aromatic heterocycles. The molecule has 1 aromatic carbocycles. The molecule has 3 rings (SSSR count). The van der Waals surface area contributed by atoms with E-state index in [-0.39, 0.29) is 0 Å². The maximum Gasteiger partial charge on any atom is 0.0233 e. The van der Waals surface area contributed by atoms with Gasteiger partial charge in [-0.2, -0.15) is 0 Å². The normalized spacial score (nSPS) is 20.1. The summed E-state index contributed by atoms with van der Waals surface area (Å²) in [6.07, 6.45) is 6.76. The molecule has 0 spiro atoms. The summed E-state index contributed by atoms with van der Waals surface area (Å²) in [4.78, 5) is 2.68. The van der Waals surface area contributed by atoms with Crippen LogP contribution in [-0.4, -0.2) is 31.1 Å². The molecule has 1 heterocycles. The molecule has 0 radical (unpaired) electrons. The molecule has 2 nitrogen and oxygen atoms in total. The lowest BCUT2D eigenvalue weighted by Gasteiger charge is -2.30. The summed E-state index contributed by atoms with van der Waals surface area (Å²) in [6.45, 7) is 8.37. The zero-order chi connectivity index (χ0) is 14.5. The summed E-state index contributed by atoms with van der Waals surface area (Å²) in [5.41, 5.74) is 3.09. The minimum atomic E-state index is 0.869. The van der Waals surface area contributed by atoms with Crippen LogP contribution in [0.5, 0.6) is 0 Å². The number of nitrogens with one attached hydrogen (secondary N) is 1. The molecule has 1 N–H and O–H groups in total. The monoisotopic (exact) mass is 286 g/mol. The third-order valence-electron chi connectivity index (χ3n) is 4.92. The standard InChI is InChI=1S/C19H30N2/c1-2-12-21(14-16-8-10-20-11-9-16)15-17-4-3-5-19(13-17)18-6-7-18/h3-5,13,16,18,20H,2,6-12,14-15H2,1H3. The summed E-state index contributed by atoms with van der Waals surface area (Å²) in [5.74, 6) is 1.76. The van der Waals surface area contributed by atoms with Gasteiger partial charge in [0.2, 0.25) is 0 Å². The minimum Gasteiger partial charge on any atom is -0.317 e. The Morgan fingerprint density at radius 2 is 1.95 bits per heavy atom. The molecule has 0 atom stereocenters. The van der Waals surface area contributed by atoms with Crippen molar-refractivity contribution in [2.75, 3.05) is 26.2 Å². The van der Waals surface area contributed by atoms with Crippen LogP contribution in [0.25, 0.3) is 0 Å². The largest absolute Gasteiger partial charge is 0.317 e. The van der Waals surface area contributed by atoms with Crippen molar-refractivity contribution >= 4 is 0 Å². The average molecular weight is 286 g/mol. The van der Waals surface area contributed by atoms with E-state index in [1.165, 1.54) is 63.8 Å². The molecular formula is C19H30N2. The SMILES string of the molecule is CCCN(Cc1cccc(C2CC2)c1)CC1CCNCC1. The number of hydrogen-bond acceptors (Lipinski definition) is 2. The summed E-state index contributed by atoms with van der Waals surface area (Å²) in [5, 5.41) is 3.48. The second kappa shape index (κ2) is 7.42. The van der Waals surface area contributed by atoms with E-state index in [0.717, 1.165) is 18.4 Å². The first kappa shape index (κ1) is 15.1. The van der Waals surface area contributed by atoms with Crippen molar-refractivity contribution in [1.29, 1.82) is 0 Å². The highest BCUT2D eigenvalue weighted by molar-refractivity contribution is 5.29. The number of nitrogens with zero attached hydrogens (tertiary/aromatic N) is 1. The van der Waals surface area contributed by atoms with Crippen LogP contribution < -0.4 is 5.32 Å². The fourth-order valence-electron chi connectivity index (χ4n) is 3.60. The maximum absolute atomic E-state index is 3.48. The molecule has 1 saturated heterocycles. The maximum atomic E-state index is 3.48. The van der Waals surface area contributed by atoms with Gasteiger partial charge >= 0.3 is 0 Å². The fraction of sp³-hybridized carbons (Fsp3) is 0.684. The van der Waals surface area contributed by atoms with Crippen LogP contribution >= 0.6 is 0 Å². The van der Waals surface area contributed by atoms with E-state index >= 15 is 0 Å². The first-order valence-corrected chi connectivity index (χ1v) is 8.87. The molecule has 2 fully saturated rings. The molecule has 1 saturated carbocycles. The van der Waals surface area contributed by atoms with Gasteiger partial charge in [-0.15, -0.1) is 0 Å². The van der Waals surface area contributed by atoms with Gasteiger partial charge < -0.3 is 5.32 Å². The number of rotatable bonds is 7. The Morgan fingerprint density at radius 1 is 1.14 bits per heavy atom. The van der Waals surface area contributed by atoms with Gasteiger partial charge in [0.1, 0.15) is 0 Å². The van der Waals surface area contributed by atoms with Crippen molar-refractivity contribution in [3.05, 3.63) is 35.4 Å². The van der Waals surface area contributed by atoms with Crippen molar-refractivity contribution in [2.45, 2.75) is 51.5 Å². The van der Waals surface area contributed by atoms with Crippen LogP contribution in [0.1, 0.15) is 56.1 Å². The van der Waals surface area contributed by atoms with Gasteiger partial charge in [-0.05, 0) is 74.7 Å². The van der Waals surface area contributed by atoms with Gasteiger partial charge in [-0.1, -0.05) is 31.2 Å². The van der Waals surface area contributed by atoms with E-state index in [0.29, 0.717) is 0 Å². The Bertz CT molecular complexity index is 433. The third-order valence-corrected chi connectivity index (χ3v) is 4.92. The molecule has 2 aliphatic rings. The van der Waals surface area contributed by atoms with E-state index in [2.05, 4.69) is 41.4 Å². The van der Waals surface area contributed by atoms with Crippen molar-refractivity contribution in [2.24, 2.45) is 5.92 Å². The third kappa shape index (κ3) is 4.55. The van der Waals surface area contributed by atoms with E-state index in [1.54, 1.807) is 5.56 Å². The highest BCUT2D eigenvalue weighted by Gasteiger charge is 2.23. The van der Waals surface area contributed by atoms with Crippen LogP contribution in [0.15, 0.2) is 24.3 Å². The number of benzene rings is 1. The molecule has 21 heavy (non-hydrogen) atoms. The minimum absolute atomic E-state index is 0.869. The highest BCUT2D eigenvalue weighted by Crippen LogP contribution is 2.40. The first-order chi connectivity index (χ1) is 10.3. The highest BCUT2D eigenvalue weighted by atomic mass is 15.1. The van der Waals surface area contributed by atoms with E-state index in [9.17, 15) is 0 Å². The second-order valence-electron chi connectivity index (χ2n) is 6.95. The number of hydrogen-bond donors (Lipinski definition) is 1. The van der Waals surface area contributed by atoms with E-state index in [1.807, 2.05) is 0 Å². The quantitative estimate of drug-likeness (QED) is 0.820. The van der Waals surface area contributed by atoms with Crippen molar-refractivity contribution in [3.8, 4) is 0 Å². The lowest BCUT2D eigenvalue weighted by molar-refractivity contribution is 0.199. The van der Waals surface area contributed by atoms with Crippen molar-refractivity contribution < 1.29 is 0 Å². The average Bonchev–Trinajstić information content (AvgIpc) is 3.33. The Kier molecular flexibility index (Phi) is 5.32. The Hall–Kier alpha value is -0.860. The fourth-order valence-corrected chi connectivity index (χ4v) is 3.60. The van der Waals surface area contributed by atoms with Crippen molar-refractivity contribution in [1.82, 2.24) is 10.2 Å². The Morgan fingerprint density at radius 3 is 2.67 bits per heavy atom. The van der Waals surface area contributed by atoms with E-state index in [4.69, 9.17) is 0 Å². The smallest absolute Gasteiger partial charge is 0.0233 e. The van der Waals surface area contributed by atoms with E-state index < -0.39 is 0 Å². The molecule has 0 amide bonds. The zero-order valence-electron chi connectivity index (χ0n) is 13.5. The van der Waals surface area contributed by atoms with Gasteiger partial charge in [0.05, 0.1) is 0 Å². The lowest BCUT2D eigenvalue weighted by Crippen LogP contribution is -2.36. The molecule has 2 heteroatoms. The van der Waals surface area contributed by atoms with Gasteiger partial charge in [0.25, 0.3) is 0 Å². The van der Waals surface area contributed by atoms with Crippen LogP contribution in [0, 0.1) is 5.92 Å². The molecular weight excluding hydrogens is 256 g/mol. The van der Waals surface area contributed by atoms with Gasteiger partial charge in [-0.25, -0.2) is 0 Å². The topological polar surface area (TPSA) is 15.3 Å². The summed E-state index contributed by atoms with van der Waals surface area (Å²) in [7, 11) is 0. The lowest BCUT2D eigenvalue weighted by atomic mass is 9.97. The number of piperidine rings is 1. The molecule has 1 aliphatic carbocycles. The second-order valence-corrected chi connectivity index (χ2v) is 6.95. The molecule has 0 unspecified atom stereocenters. The van der Waals surface area contributed by atoms with Crippen LogP contribution in [0.4, 0.5) is 0 Å². The molecule has 0 bridgehead atoms. The Labute approximate surface area is 129 Å². The predicted molar refractivity (Wildman–Crippen MR) is 89.6 cm³/mol. The van der Waals surface area contributed by atoms with Crippen LogP contribution in [0.3, 0.4) is 0 Å². The molecule has 1 aromatic rings. The summed E-state index contributed by atoms with van der Waals surface area (Å²) in [6, 6.07) is 9.36. The Balaban J connectivity index is 1.59. The van der Waals surface area contributed by atoms with Crippen molar-refractivity contribution in [3.63, 3.8) is 0 Å². The van der Waals surface area contributed by atoms with Gasteiger partial charge in [0.15, 0.2) is 0 Å². The molecule has 1 aliphatic heterocycles. The summed E-state index contributed by atoms with van der Waals surface area (Å²) >= 11 is 0. The van der Waals surface area contributed by atoms with Crippen LogP contribution in [-0.2, 0) is 6.54 Å². The first-order valence-electron chi connectivity index (χ1n) is 8.87. The summed E-state index contributed by atoms with van der Waals surface area (Å²) < 4.78 is 0. The molecule has 116 valence electrons. The predicted octanol–water partition coefficient (Wildman–Crippen LogP) is 3.78.